The molecule has 0 bridgehead atoms. The number of rotatable bonds is 5. The second kappa shape index (κ2) is 7.19. The standard InChI is InChI=1S/C14H23N5O2/c1-3-8-15-14-16-10-12(19(20)21)13(17-14)18-9-6-4-5-7-11(18)2/h10-11H,3-9H2,1-2H3,(H,15,16,17). The van der Waals surface area contributed by atoms with Gasteiger partial charge < -0.3 is 10.2 Å². The Morgan fingerprint density at radius 3 is 3.00 bits per heavy atom. The molecule has 1 fully saturated rings. The topological polar surface area (TPSA) is 84.2 Å². The van der Waals surface area contributed by atoms with Crippen LogP contribution in [0.15, 0.2) is 6.20 Å². The first-order valence-corrected chi connectivity index (χ1v) is 7.65. The van der Waals surface area contributed by atoms with Gasteiger partial charge in [0.25, 0.3) is 0 Å². The van der Waals surface area contributed by atoms with E-state index in [2.05, 4.69) is 34.0 Å². The predicted octanol–water partition coefficient (Wildman–Crippen LogP) is 2.98. The fourth-order valence-electron chi connectivity index (χ4n) is 2.62. The maximum atomic E-state index is 11.3. The van der Waals surface area contributed by atoms with Crippen molar-refractivity contribution in [1.29, 1.82) is 0 Å². The van der Waals surface area contributed by atoms with E-state index >= 15 is 0 Å². The molecule has 1 saturated heterocycles. The van der Waals surface area contributed by atoms with Gasteiger partial charge in [-0.25, -0.2) is 4.98 Å². The molecule has 1 aliphatic heterocycles. The molecule has 2 rings (SSSR count). The second-order valence-electron chi connectivity index (χ2n) is 5.48. The Hall–Kier alpha value is -1.92. The largest absolute Gasteiger partial charge is 0.354 e. The predicted molar refractivity (Wildman–Crippen MR) is 82.7 cm³/mol. The van der Waals surface area contributed by atoms with E-state index in [4.69, 9.17) is 0 Å². The van der Waals surface area contributed by atoms with Crippen LogP contribution in [0.1, 0.15) is 46.0 Å². The van der Waals surface area contributed by atoms with Crippen molar-refractivity contribution in [2.45, 2.75) is 52.0 Å². The first-order chi connectivity index (χ1) is 10.1. The van der Waals surface area contributed by atoms with Crippen molar-refractivity contribution in [2.75, 3.05) is 23.3 Å². The molecule has 0 spiro atoms. The van der Waals surface area contributed by atoms with E-state index in [-0.39, 0.29) is 11.7 Å². The minimum Gasteiger partial charge on any atom is -0.354 e. The fourth-order valence-corrected chi connectivity index (χ4v) is 2.62. The van der Waals surface area contributed by atoms with E-state index in [1.807, 2.05) is 0 Å². The molecule has 1 N–H and O–H groups in total. The Kier molecular flexibility index (Phi) is 5.30. The average molecular weight is 293 g/mol. The van der Waals surface area contributed by atoms with E-state index < -0.39 is 4.92 Å². The SMILES string of the molecule is CCCNc1ncc([N+](=O)[O-])c(N2CCCCCC2C)n1. The Balaban J connectivity index is 2.34. The Morgan fingerprint density at radius 2 is 2.29 bits per heavy atom. The Morgan fingerprint density at radius 1 is 1.48 bits per heavy atom. The molecule has 7 heteroatoms. The molecule has 0 aromatic carbocycles. The summed E-state index contributed by atoms with van der Waals surface area (Å²) in [6.07, 6.45) is 6.69. The highest BCUT2D eigenvalue weighted by Gasteiger charge is 2.27. The van der Waals surface area contributed by atoms with Crippen molar-refractivity contribution in [3.63, 3.8) is 0 Å². The van der Waals surface area contributed by atoms with Crippen LogP contribution in [0.3, 0.4) is 0 Å². The molecular formula is C14H23N5O2. The molecule has 21 heavy (non-hydrogen) atoms. The van der Waals surface area contributed by atoms with Gasteiger partial charge in [-0.15, -0.1) is 0 Å². The van der Waals surface area contributed by atoms with Crippen LogP contribution in [0.25, 0.3) is 0 Å². The van der Waals surface area contributed by atoms with Crippen LogP contribution in [0.2, 0.25) is 0 Å². The summed E-state index contributed by atoms with van der Waals surface area (Å²) in [7, 11) is 0. The number of hydrogen-bond donors (Lipinski definition) is 1. The normalized spacial score (nSPS) is 19.1. The molecule has 2 heterocycles. The minimum atomic E-state index is -0.392. The molecule has 7 nitrogen and oxygen atoms in total. The molecule has 1 aromatic rings. The number of anilines is 2. The van der Waals surface area contributed by atoms with Crippen LogP contribution in [0.5, 0.6) is 0 Å². The summed E-state index contributed by atoms with van der Waals surface area (Å²) in [6.45, 7) is 5.73. The zero-order chi connectivity index (χ0) is 15.2. The lowest BCUT2D eigenvalue weighted by Crippen LogP contribution is -2.34. The molecule has 1 aliphatic rings. The number of hydrogen-bond acceptors (Lipinski definition) is 6. The Bertz CT molecular complexity index is 494. The van der Waals surface area contributed by atoms with Gasteiger partial charge in [0.1, 0.15) is 6.20 Å². The summed E-state index contributed by atoms with van der Waals surface area (Å²) >= 11 is 0. The highest BCUT2D eigenvalue weighted by atomic mass is 16.6. The van der Waals surface area contributed by atoms with E-state index in [0.717, 1.165) is 38.8 Å². The van der Waals surface area contributed by atoms with E-state index in [0.29, 0.717) is 11.8 Å². The summed E-state index contributed by atoms with van der Waals surface area (Å²) in [5.74, 6) is 0.914. The van der Waals surface area contributed by atoms with Crippen molar-refractivity contribution >= 4 is 17.5 Å². The first-order valence-electron chi connectivity index (χ1n) is 7.65. The molecular weight excluding hydrogens is 270 g/mol. The Labute approximate surface area is 124 Å². The van der Waals surface area contributed by atoms with Gasteiger partial charge in [-0.1, -0.05) is 19.8 Å². The lowest BCUT2D eigenvalue weighted by molar-refractivity contribution is -0.384. The van der Waals surface area contributed by atoms with Crippen LogP contribution >= 0.6 is 0 Å². The molecule has 1 aromatic heterocycles. The quantitative estimate of drug-likeness (QED) is 0.663. The maximum absolute atomic E-state index is 11.3. The molecule has 0 radical (unpaired) electrons. The highest BCUT2D eigenvalue weighted by Crippen LogP contribution is 2.30. The van der Waals surface area contributed by atoms with Gasteiger partial charge in [0, 0.05) is 19.1 Å². The van der Waals surface area contributed by atoms with Gasteiger partial charge in [-0.3, -0.25) is 10.1 Å². The average Bonchev–Trinajstić information content (AvgIpc) is 2.69. The van der Waals surface area contributed by atoms with Crippen molar-refractivity contribution < 1.29 is 4.92 Å². The van der Waals surface area contributed by atoms with Crippen LogP contribution in [0, 0.1) is 10.1 Å². The third-order valence-electron chi connectivity index (χ3n) is 3.80. The van der Waals surface area contributed by atoms with E-state index in [9.17, 15) is 10.1 Å². The van der Waals surface area contributed by atoms with Crippen LogP contribution in [0.4, 0.5) is 17.5 Å². The van der Waals surface area contributed by atoms with Crippen molar-refractivity contribution in [1.82, 2.24) is 9.97 Å². The highest BCUT2D eigenvalue weighted by molar-refractivity contribution is 5.59. The smallest absolute Gasteiger partial charge is 0.329 e. The van der Waals surface area contributed by atoms with Crippen molar-refractivity contribution in [3.05, 3.63) is 16.3 Å². The monoisotopic (exact) mass is 293 g/mol. The lowest BCUT2D eigenvalue weighted by atomic mass is 10.1. The first kappa shape index (κ1) is 15.5. The minimum absolute atomic E-state index is 0.00852. The number of nitrogens with zero attached hydrogens (tertiary/aromatic N) is 4. The summed E-state index contributed by atoms with van der Waals surface area (Å²) in [6, 6.07) is 0.264. The number of nitrogens with one attached hydrogen (secondary N) is 1. The van der Waals surface area contributed by atoms with Crippen molar-refractivity contribution in [2.24, 2.45) is 0 Å². The van der Waals surface area contributed by atoms with Gasteiger partial charge in [0.15, 0.2) is 0 Å². The van der Waals surface area contributed by atoms with Crippen molar-refractivity contribution in [3.8, 4) is 0 Å². The summed E-state index contributed by atoms with van der Waals surface area (Å²) in [5, 5.41) is 14.4. The molecule has 1 atom stereocenters. The van der Waals surface area contributed by atoms with Crippen LogP contribution in [-0.2, 0) is 0 Å². The number of nitro groups is 1. The zero-order valence-electron chi connectivity index (χ0n) is 12.7. The second-order valence-corrected chi connectivity index (χ2v) is 5.48. The molecule has 116 valence electrons. The number of aromatic nitrogens is 2. The van der Waals surface area contributed by atoms with Gasteiger partial charge in [-0.2, -0.15) is 4.98 Å². The van der Waals surface area contributed by atoms with Crippen LogP contribution in [-0.4, -0.2) is 34.0 Å². The van der Waals surface area contributed by atoms with E-state index in [1.165, 1.54) is 12.6 Å². The van der Waals surface area contributed by atoms with Gasteiger partial charge >= 0.3 is 5.69 Å². The summed E-state index contributed by atoms with van der Waals surface area (Å²) < 4.78 is 0. The molecule has 1 unspecified atom stereocenters. The molecule has 0 amide bonds. The molecule has 0 saturated carbocycles. The molecule has 0 aliphatic carbocycles. The third kappa shape index (κ3) is 3.80. The fraction of sp³-hybridized carbons (Fsp3) is 0.714. The maximum Gasteiger partial charge on any atom is 0.329 e. The summed E-state index contributed by atoms with van der Waals surface area (Å²) in [5.41, 5.74) is -0.00852. The van der Waals surface area contributed by atoms with E-state index in [1.54, 1.807) is 0 Å². The van der Waals surface area contributed by atoms with Gasteiger partial charge in [0.05, 0.1) is 4.92 Å². The lowest BCUT2D eigenvalue weighted by Gasteiger charge is -2.27. The van der Waals surface area contributed by atoms with Crippen LogP contribution < -0.4 is 10.2 Å². The third-order valence-corrected chi connectivity index (χ3v) is 3.80. The summed E-state index contributed by atoms with van der Waals surface area (Å²) in [4.78, 5) is 21.4. The van der Waals surface area contributed by atoms with Gasteiger partial charge in [0.2, 0.25) is 11.8 Å². The zero-order valence-corrected chi connectivity index (χ0v) is 12.7. The van der Waals surface area contributed by atoms with Gasteiger partial charge in [-0.05, 0) is 26.2 Å².